The van der Waals surface area contributed by atoms with Gasteiger partial charge in [-0.05, 0) is 42.3 Å². The second-order valence-corrected chi connectivity index (χ2v) is 4.44. The Kier molecular flexibility index (Phi) is 4.47. The van der Waals surface area contributed by atoms with Gasteiger partial charge in [-0.25, -0.2) is 9.78 Å². The van der Waals surface area contributed by atoms with Crippen molar-refractivity contribution in [2.24, 2.45) is 0 Å². The zero-order valence-corrected chi connectivity index (χ0v) is 11.6. The van der Waals surface area contributed by atoms with E-state index in [1.165, 1.54) is 12.1 Å². The second kappa shape index (κ2) is 6.29. The van der Waals surface area contributed by atoms with E-state index in [2.05, 4.69) is 20.3 Å². The SMILES string of the molecule is CCCc1nc(Cl)nc(Nc2ccc(C(=O)O)cc2)n1. The number of hydrogen-bond acceptors (Lipinski definition) is 5. The molecule has 1 heterocycles. The van der Waals surface area contributed by atoms with E-state index in [0.29, 0.717) is 17.5 Å². The number of aryl methyl sites for hydroxylation is 1. The van der Waals surface area contributed by atoms with Crippen molar-refractivity contribution < 1.29 is 9.90 Å². The van der Waals surface area contributed by atoms with E-state index >= 15 is 0 Å². The summed E-state index contributed by atoms with van der Waals surface area (Å²) in [6.07, 6.45) is 1.63. The van der Waals surface area contributed by atoms with Crippen LogP contribution in [0.3, 0.4) is 0 Å². The molecule has 7 heteroatoms. The third-order valence-electron chi connectivity index (χ3n) is 2.52. The first-order valence-electron chi connectivity index (χ1n) is 6.09. The Hall–Kier alpha value is -2.21. The molecule has 0 aliphatic rings. The molecule has 1 aromatic heterocycles. The molecule has 20 heavy (non-hydrogen) atoms. The summed E-state index contributed by atoms with van der Waals surface area (Å²) in [5, 5.41) is 11.9. The van der Waals surface area contributed by atoms with E-state index in [9.17, 15) is 4.79 Å². The molecule has 1 aromatic carbocycles. The van der Waals surface area contributed by atoms with Crippen LogP contribution in [-0.4, -0.2) is 26.0 Å². The van der Waals surface area contributed by atoms with Gasteiger partial charge in [0.1, 0.15) is 5.82 Å². The van der Waals surface area contributed by atoms with Crippen molar-refractivity contribution in [3.63, 3.8) is 0 Å². The van der Waals surface area contributed by atoms with Crippen LogP contribution in [-0.2, 0) is 6.42 Å². The highest BCUT2D eigenvalue weighted by Gasteiger charge is 2.06. The molecule has 2 aromatic rings. The summed E-state index contributed by atoms with van der Waals surface area (Å²) in [6, 6.07) is 6.28. The van der Waals surface area contributed by atoms with E-state index in [1.54, 1.807) is 12.1 Å². The van der Waals surface area contributed by atoms with Crippen molar-refractivity contribution in [3.05, 3.63) is 40.9 Å². The molecule has 0 atom stereocenters. The van der Waals surface area contributed by atoms with Gasteiger partial charge in [0.25, 0.3) is 0 Å². The highest BCUT2D eigenvalue weighted by Crippen LogP contribution is 2.15. The summed E-state index contributed by atoms with van der Waals surface area (Å²) in [7, 11) is 0. The largest absolute Gasteiger partial charge is 0.478 e. The number of rotatable bonds is 5. The summed E-state index contributed by atoms with van der Waals surface area (Å²) in [4.78, 5) is 23.0. The van der Waals surface area contributed by atoms with Gasteiger partial charge in [-0.3, -0.25) is 0 Å². The van der Waals surface area contributed by atoms with E-state index in [0.717, 1.165) is 12.8 Å². The number of carboxylic acid groups (broad SMARTS) is 1. The van der Waals surface area contributed by atoms with Gasteiger partial charge in [0, 0.05) is 12.1 Å². The lowest BCUT2D eigenvalue weighted by molar-refractivity contribution is 0.0697. The van der Waals surface area contributed by atoms with Gasteiger partial charge in [0.2, 0.25) is 11.2 Å². The molecule has 0 radical (unpaired) electrons. The van der Waals surface area contributed by atoms with Crippen LogP contribution < -0.4 is 5.32 Å². The van der Waals surface area contributed by atoms with E-state index < -0.39 is 5.97 Å². The molecule has 0 spiro atoms. The molecule has 0 bridgehead atoms. The van der Waals surface area contributed by atoms with Crippen molar-refractivity contribution >= 4 is 29.2 Å². The minimum Gasteiger partial charge on any atom is -0.478 e. The molecule has 0 saturated heterocycles. The molecule has 0 amide bonds. The van der Waals surface area contributed by atoms with Crippen molar-refractivity contribution in [3.8, 4) is 0 Å². The summed E-state index contributed by atoms with van der Waals surface area (Å²) in [5.74, 6) is -0.00123. The lowest BCUT2D eigenvalue weighted by Gasteiger charge is -2.06. The van der Waals surface area contributed by atoms with Gasteiger partial charge in [0.15, 0.2) is 0 Å². The summed E-state index contributed by atoms with van der Waals surface area (Å²) >= 11 is 5.84. The van der Waals surface area contributed by atoms with Gasteiger partial charge >= 0.3 is 5.97 Å². The maximum atomic E-state index is 10.8. The highest BCUT2D eigenvalue weighted by atomic mass is 35.5. The fourth-order valence-electron chi connectivity index (χ4n) is 1.61. The van der Waals surface area contributed by atoms with Gasteiger partial charge in [0.05, 0.1) is 5.56 Å². The number of carbonyl (C=O) groups is 1. The van der Waals surface area contributed by atoms with Crippen LogP contribution in [0.5, 0.6) is 0 Å². The van der Waals surface area contributed by atoms with Crippen molar-refractivity contribution in [2.45, 2.75) is 19.8 Å². The number of aromatic carboxylic acids is 1. The molecule has 6 nitrogen and oxygen atoms in total. The lowest BCUT2D eigenvalue weighted by Crippen LogP contribution is -2.04. The van der Waals surface area contributed by atoms with Crippen LogP contribution in [0.4, 0.5) is 11.6 Å². The molecule has 2 rings (SSSR count). The lowest BCUT2D eigenvalue weighted by atomic mass is 10.2. The summed E-state index contributed by atoms with van der Waals surface area (Å²) in [6.45, 7) is 2.02. The molecular weight excluding hydrogens is 280 g/mol. The predicted octanol–water partition coefficient (Wildman–Crippen LogP) is 2.92. The Labute approximate surface area is 120 Å². The Morgan fingerprint density at radius 3 is 2.55 bits per heavy atom. The average molecular weight is 293 g/mol. The first-order valence-corrected chi connectivity index (χ1v) is 6.47. The quantitative estimate of drug-likeness (QED) is 0.881. The predicted molar refractivity (Wildman–Crippen MR) is 75.5 cm³/mol. The van der Waals surface area contributed by atoms with Gasteiger partial charge in [-0.2, -0.15) is 9.97 Å². The molecule has 0 saturated carbocycles. The van der Waals surface area contributed by atoms with Crippen molar-refractivity contribution in [2.75, 3.05) is 5.32 Å². The molecule has 0 fully saturated rings. The maximum absolute atomic E-state index is 10.8. The number of anilines is 2. The van der Waals surface area contributed by atoms with Crippen LogP contribution in [0.1, 0.15) is 29.5 Å². The third-order valence-corrected chi connectivity index (χ3v) is 2.69. The number of halogens is 1. The van der Waals surface area contributed by atoms with Gasteiger partial charge in [-0.15, -0.1) is 0 Å². The van der Waals surface area contributed by atoms with Crippen LogP contribution in [0.25, 0.3) is 0 Å². The summed E-state index contributed by atoms with van der Waals surface area (Å²) in [5.41, 5.74) is 0.899. The van der Waals surface area contributed by atoms with Crippen molar-refractivity contribution in [1.82, 2.24) is 15.0 Å². The van der Waals surface area contributed by atoms with Gasteiger partial charge in [-0.1, -0.05) is 6.92 Å². The van der Waals surface area contributed by atoms with E-state index in [4.69, 9.17) is 16.7 Å². The third kappa shape index (κ3) is 3.64. The highest BCUT2D eigenvalue weighted by molar-refractivity contribution is 6.28. The number of aromatic nitrogens is 3. The zero-order chi connectivity index (χ0) is 14.5. The second-order valence-electron chi connectivity index (χ2n) is 4.10. The topological polar surface area (TPSA) is 88.0 Å². The Morgan fingerprint density at radius 2 is 1.95 bits per heavy atom. The molecule has 0 aliphatic heterocycles. The Morgan fingerprint density at radius 1 is 1.25 bits per heavy atom. The number of benzene rings is 1. The molecular formula is C13H13ClN4O2. The zero-order valence-electron chi connectivity index (χ0n) is 10.8. The number of nitrogens with one attached hydrogen (secondary N) is 1. The first kappa shape index (κ1) is 14.2. The van der Waals surface area contributed by atoms with Gasteiger partial charge < -0.3 is 10.4 Å². The maximum Gasteiger partial charge on any atom is 0.335 e. The van der Waals surface area contributed by atoms with Crippen LogP contribution in [0.15, 0.2) is 24.3 Å². The van der Waals surface area contributed by atoms with Crippen LogP contribution in [0.2, 0.25) is 5.28 Å². The Bertz CT molecular complexity index is 616. The molecule has 0 aliphatic carbocycles. The van der Waals surface area contributed by atoms with E-state index in [1.807, 2.05) is 6.92 Å². The number of hydrogen-bond donors (Lipinski definition) is 2. The normalized spacial score (nSPS) is 10.3. The number of nitrogens with zero attached hydrogens (tertiary/aromatic N) is 3. The van der Waals surface area contributed by atoms with Crippen molar-refractivity contribution in [1.29, 1.82) is 0 Å². The first-order chi connectivity index (χ1) is 9.58. The van der Waals surface area contributed by atoms with E-state index in [-0.39, 0.29) is 10.8 Å². The van der Waals surface area contributed by atoms with Crippen LogP contribution >= 0.6 is 11.6 Å². The molecule has 0 unspecified atom stereocenters. The standard InChI is InChI=1S/C13H13ClN4O2/c1-2-3-10-16-12(14)18-13(17-10)15-9-6-4-8(5-7-9)11(19)20/h4-7H,2-3H2,1H3,(H,19,20)(H,15,16,17,18). The molecule has 104 valence electrons. The number of carboxylic acids is 1. The Balaban J connectivity index is 2.18. The average Bonchev–Trinajstić information content (AvgIpc) is 2.39. The smallest absolute Gasteiger partial charge is 0.335 e. The minimum atomic E-state index is -0.968. The van der Waals surface area contributed by atoms with Crippen LogP contribution in [0, 0.1) is 0 Å². The summed E-state index contributed by atoms with van der Waals surface area (Å²) < 4.78 is 0. The minimum absolute atomic E-state index is 0.133. The fraction of sp³-hybridized carbons (Fsp3) is 0.231. The monoisotopic (exact) mass is 292 g/mol. The molecule has 2 N–H and O–H groups in total. The fourth-order valence-corrected chi connectivity index (χ4v) is 1.79.